The molecule has 0 radical (unpaired) electrons. The number of rotatable bonds is 2. The van der Waals surface area contributed by atoms with Gasteiger partial charge in [0, 0.05) is 11.1 Å². The van der Waals surface area contributed by atoms with E-state index in [2.05, 4.69) is 4.98 Å². The van der Waals surface area contributed by atoms with Crippen LogP contribution in [-0.2, 0) is 18.5 Å². The highest BCUT2D eigenvalue weighted by Gasteiger charge is 2.37. The largest absolute Gasteiger partial charge is 0.416 e. The number of alkyl halides is 9. The van der Waals surface area contributed by atoms with Crippen LogP contribution in [0.2, 0.25) is 0 Å². The number of nitriles is 1. The van der Waals surface area contributed by atoms with Gasteiger partial charge in [0.15, 0.2) is 0 Å². The molecule has 3 nitrogen and oxygen atoms in total. The minimum atomic E-state index is -5.11. The minimum absolute atomic E-state index is 0.0259. The van der Waals surface area contributed by atoms with Gasteiger partial charge in [-0.25, -0.2) is 4.98 Å². The van der Waals surface area contributed by atoms with Crippen molar-refractivity contribution in [1.82, 2.24) is 4.98 Å². The Morgan fingerprint density at radius 3 is 1.58 bits per heavy atom. The molecular weight excluding hydrogens is 465 g/mol. The topological polar surface area (TPSA) is 62.7 Å². The van der Waals surface area contributed by atoms with Crippen LogP contribution >= 0.6 is 0 Å². The van der Waals surface area contributed by atoms with Crippen molar-refractivity contribution in [2.75, 3.05) is 5.73 Å². The smallest absolute Gasteiger partial charge is 0.383 e. The number of hydrogen-bond acceptors (Lipinski definition) is 3. The summed E-state index contributed by atoms with van der Waals surface area (Å²) in [6.07, 6.45) is -14.9. The van der Waals surface area contributed by atoms with Crippen LogP contribution in [0.1, 0.15) is 22.3 Å². The summed E-state index contributed by atoms with van der Waals surface area (Å²) in [6.45, 7) is 0. The van der Waals surface area contributed by atoms with E-state index in [4.69, 9.17) is 5.73 Å². The summed E-state index contributed by atoms with van der Waals surface area (Å²) in [5, 5.41) is 9.36. The van der Waals surface area contributed by atoms with Crippen molar-refractivity contribution in [2.24, 2.45) is 0 Å². The third-order valence-corrected chi connectivity index (χ3v) is 4.57. The van der Waals surface area contributed by atoms with Gasteiger partial charge in [-0.3, -0.25) is 0 Å². The molecule has 172 valence electrons. The van der Waals surface area contributed by atoms with E-state index in [0.29, 0.717) is 24.3 Å². The fraction of sp³-hybridized carbons (Fsp3) is 0.143. The molecule has 0 fully saturated rings. The highest BCUT2D eigenvalue weighted by Crippen LogP contribution is 2.40. The summed E-state index contributed by atoms with van der Waals surface area (Å²) in [7, 11) is 0. The molecule has 1 aromatic heterocycles. The number of hydrogen-bond donors (Lipinski definition) is 1. The molecular formula is C21H10F9N3. The Morgan fingerprint density at radius 1 is 0.667 bits per heavy atom. The Bertz CT molecular complexity index is 1200. The van der Waals surface area contributed by atoms with Crippen molar-refractivity contribution in [1.29, 1.82) is 5.26 Å². The number of benzene rings is 2. The zero-order valence-corrected chi connectivity index (χ0v) is 16.0. The van der Waals surface area contributed by atoms with Gasteiger partial charge >= 0.3 is 18.5 Å². The first-order chi connectivity index (χ1) is 15.1. The predicted octanol–water partition coefficient (Wildman–Crippen LogP) is 6.93. The van der Waals surface area contributed by atoms with E-state index in [9.17, 15) is 44.8 Å². The van der Waals surface area contributed by atoms with E-state index < -0.39 is 52.3 Å². The second-order valence-electron chi connectivity index (χ2n) is 6.80. The van der Waals surface area contributed by atoms with Gasteiger partial charge < -0.3 is 5.73 Å². The molecule has 3 aromatic rings. The lowest BCUT2D eigenvalue weighted by Gasteiger charge is -2.15. The number of anilines is 1. The Morgan fingerprint density at radius 2 is 1.15 bits per heavy atom. The van der Waals surface area contributed by atoms with Gasteiger partial charge in [-0.1, -0.05) is 12.1 Å². The molecule has 12 heteroatoms. The van der Waals surface area contributed by atoms with Gasteiger partial charge in [0.2, 0.25) is 0 Å². The standard InChI is InChI=1S/C21H10F9N3/c22-19(23,24)12-3-1-10(2-4-12)15-8-17(33-18(32)16(15)9-31)11-5-13(20(25,26)27)7-14(6-11)21(28,29)30/h1-8H,(H2,32,33). The van der Waals surface area contributed by atoms with E-state index in [-0.39, 0.29) is 22.8 Å². The van der Waals surface area contributed by atoms with Crippen molar-refractivity contribution in [3.8, 4) is 28.5 Å². The van der Waals surface area contributed by atoms with Crippen LogP contribution in [0, 0.1) is 11.3 Å². The summed E-state index contributed by atoms with van der Waals surface area (Å²) >= 11 is 0. The fourth-order valence-electron chi connectivity index (χ4n) is 3.00. The van der Waals surface area contributed by atoms with Crippen LogP contribution in [-0.4, -0.2) is 4.98 Å². The van der Waals surface area contributed by atoms with Gasteiger partial charge in [-0.2, -0.15) is 44.8 Å². The van der Waals surface area contributed by atoms with Crippen molar-refractivity contribution < 1.29 is 39.5 Å². The summed E-state index contributed by atoms with van der Waals surface area (Å²) in [6, 6.07) is 6.88. The second-order valence-corrected chi connectivity index (χ2v) is 6.80. The van der Waals surface area contributed by atoms with Gasteiger partial charge in [0.05, 0.1) is 22.4 Å². The third kappa shape index (κ3) is 5.02. The van der Waals surface area contributed by atoms with Crippen LogP contribution in [0.5, 0.6) is 0 Å². The van der Waals surface area contributed by atoms with E-state index in [1.54, 1.807) is 6.07 Å². The summed E-state index contributed by atoms with van der Waals surface area (Å²) < 4.78 is 118. The lowest BCUT2D eigenvalue weighted by atomic mass is 9.96. The summed E-state index contributed by atoms with van der Waals surface area (Å²) in [5.41, 5.74) is 0.0986. The molecule has 0 unspecified atom stereocenters. The van der Waals surface area contributed by atoms with Crippen molar-refractivity contribution >= 4 is 5.82 Å². The first-order valence-electron chi connectivity index (χ1n) is 8.79. The zero-order chi connectivity index (χ0) is 24.8. The monoisotopic (exact) mass is 475 g/mol. The van der Waals surface area contributed by atoms with Gasteiger partial charge in [-0.05, 0) is 42.0 Å². The Labute approximate surface area is 179 Å². The average Bonchev–Trinajstić information content (AvgIpc) is 2.71. The molecule has 0 aliphatic rings. The number of halogens is 9. The molecule has 0 bridgehead atoms. The van der Waals surface area contributed by atoms with Crippen LogP contribution in [0.3, 0.4) is 0 Å². The average molecular weight is 475 g/mol. The van der Waals surface area contributed by atoms with E-state index >= 15 is 0 Å². The number of nitrogen functional groups attached to an aromatic ring is 1. The lowest BCUT2D eigenvalue weighted by Crippen LogP contribution is -2.11. The maximum atomic E-state index is 13.2. The number of nitrogens with two attached hydrogens (primary N) is 1. The Kier molecular flexibility index (Phi) is 5.79. The SMILES string of the molecule is N#Cc1c(-c2ccc(C(F)(F)F)cc2)cc(-c2cc(C(F)(F)F)cc(C(F)(F)F)c2)nc1N. The summed E-state index contributed by atoms with van der Waals surface area (Å²) in [5.74, 6) is -0.518. The van der Waals surface area contributed by atoms with Gasteiger partial charge in [0.25, 0.3) is 0 Å². The number of pyridine rings is 1. The van der Waals surface area contributed by atoms with E-state index in [1.165, 1.54) is 0 Å². The van der Waals surface area contributed by atoms with Crippen LogP contribution < -0.4 is 5.73 Å². The molecule has 0 spiro atoms. The first kappa shape index (κ1) is 23.9. The molecule has 0 aliphatic carbocycles. The minimum Gasteiger partial charge on any atom is -0.383 e. The molecule has 0 saturated heterocycles. The van der Waals surface area contributed by atoms with Crippen LogP contribution in [0.25, 0.3) is 22.4 Å². The second kappa shape index (κ2) is 7.99. The molecule has 0 amide bonds. The Balaban J connectivity index is 2.24. The molecule has 0 atom stereocenters. The predicted molar refractivity (Wildman–Crippen MR) is 99.2 cm³/mol. The van der Waals surface area contributed by atoms with Crippen molar-refractivity contribution in [3.05, 3.63) is 70.8 Å². The Hall–Kier alpha value is -3.75. The molecule has 3 rings (SSSR count). The van der Waals surface area contributed by atoms with Crippen LogP contribution in [0.15, 0.2) is 48.5 Å². The summed E-state index contributed by atoms with van der Waals surface area (Å²) in [4.78, 5) is 3.74. The highest BCUT2D eigenvalue weighted by atomic mass is 19.4. The third-order valence-electron chi connectivity index (χ3n) is 4.57. The van der Waals surface area contributed by atoms with Crippen molar-refractivity contribution in [3.63, 3.8) is 0 Å². The molecule has 0 aliphatic heterocycles. The highest BCUT2D eigenvalue weighted by molar-refractivity contribution is 5.80. The molecule has 0 saturated carbocycles. The molecule has 2 N–H and O–H groups in total. The van der Waals surface area contributed by atoms with Gasteiger partial charge in [0.1, 0.15) is 17.5 Å². The van der Waals surface area contributed by atoms with Gasteiger partial charge in [-0.15, -0.1) is 0 Å². The fourth-order valence-corrected chi connectivity index (χ4v) is 3.00. The normalized spacial score (nSPS) is 12.5. The first-order valence-corrected chi connectivity index (χ1v) is 8.79. The quantitative estimate of drug-likeness (QED) is 0.409. The number of aromatic nitrogens is 1. The van der Waals surface area contributed by atoms with E-state index in [1.807, 2.05) is 0 Å². The zero-order valence-electron chi connectivity index (χ0n) is 16.0. The molecule has 1 heterocycles. The maximum Gasteiger partial charge on any atom is 0.416 e. The maximum absolute atomic E-state index is 13.2. The number of nitrogens with zero attached hydrogens (tertiary/aromatic N) is 2. The molecule has 33 heavy (non-hydrogen) atoms. The lowest BCUT2D eigenvalue weighted by molar-refractivity contribution is -0.143. The van der Waals surface area contributed by atoms with Crippen LogP contribution in [0.4, 0.5) is 45.3 Å². The molecule has 2 aromatic carbocycles. The van der Waals surface area contributed by atoms with E-state index in [0.717, 1.165) is 18.2 Å². The van der Waals surface area contributed by atoms with Crippen molar-refractivity contribution in [2.45, 2.75) is 18.5 Å².